The van der Waals surface area contributed by atoms with Gasteiger partial charge in [-0.25, -0.2) is 0 Å². The fraction of sp³-hybridized carbons (Fsp3) is 0.273. The molecule has 0 aliphatic heterocycles. The number of amides is 1. The average Bonchev–Trinajstić information content (AvgIpc) is 3.15. The third-order valence-electron chi connectivity index (χ3n) is 4.35. The number of hydrogen-bond donors (Lipinski definition) is 1. The predicted octanol–water partition coefficient (Wildman–Crippen LogP) is 4.37. The number of nitrogens with zero attached hydrogens (tertiary/aromatic N) is 2. The van der Waals surface area contributed by atoms with Crippen LogP contribution in [0.1, 0.15) is 36.2 Å². The zero-order valence-corrected chi connectivity index (χ0v) is 15.4. The number of rotatable bonds is 7. The van der Waals surface area contributed by atoms with E-state index in [9.17, 15) is 4.79 Å². The van der Waals surface area contributed by atoms with Crippen molar-refractivity contribution in [3.63, 3.8) is 0 Å². The zero-order valence-electron chi connectivity index (χ0n) is 15.4. The molecule has 0 atom stereocenters. The second kappa shape index (κ2) is 8.48. The minimum atomic E-state index is -0.0122. The summed E-state index contributed by atoms with van der Waals surface area (Å²) >= 11 is 0. The molecule has 2 aromatic carbocycles. The average molecular weight is 347 g/mol. The first-order chi connectivity index (χ1) is 12.6. The number of nitrogens with one attached hydrogen (secondary N) is 1. The lowest BCUT2D eigenvalue weighted by atomic mass is 9.98. The number of benzene rings is 2. The van der Waals surface area contributed by atoms with E-state index in [1.54, 1.807) is 6.20 Å². The van der Waals surface area contributed by atoms with Gasteiger partial charge >= 0.3 is 0 Å². The minimum Gasteiger partial charge on any atom is -0.352 e. The van der Waals surface area contributed by atoms with Gasteiger partial charge in [-0.2, -0.15) is 5.10 Å². The van der Waals surface area contributed by atoms with E-state index in [1.165, 1.54) is 5.56 Å². The summed E-state index contributed by atoms with van der Waals surface area (Å²) in [6.45, 7) is 5.76. The molecule has 0 saturated carbocycles. The predicted molar refractivity (Wildman–Crippen MR) is 105 cm³/mol. The molecule has 134 valence electrons. The topological polar surface area (TPSA) is 46.9 Å². The van der Waals surface area contributed by atoms with Gasteiger partial charge in [-0.1, -0.05) is 56.3 Å². The van der Waals surface area contributed by atoms with Gasteiger partial charge in [0.2, 0.25) is 0 Å². The summed E-state index contributed by atoms with van der Waals surface area (Å²) in [5.41, 5.74) is 3.90. The van der Waals surface area contributed by atoms with Gasteiger partial charge in [-0.3, -0.25) is 9.48 Å². The van der Waals surface area contributed by atoms with Crippen molar-refractivity contribution in [3.05, 3.63) is 78.1 Å². The number of aromatic nitrogens is 2. The lowest BCUT2D eigenvalue weighted by molar-refractivity contribution is 0.0952. The molecule has 0 fully saturated rings. The largest absolute Gasteiger partial charge is 0.352 e. The van der Waals surface area contributed by atoms with Gasteiger partial charge in [-0.05, 0) is 41.2 Å². The quantitative estimate of drug-likeness (QED) is 0.690. The molecule has 3 aromatic rings. The first-order valence-corrected chi connectivity index (χ1v) is 9.07. The van der Waals surface area contributed by atoms with E-state index in [0.29, 0.717) is 12.5 Å². The van der Waals surface area contributed by atoms with Crippen LogP contribution < -0.4 is 5.32 Å². The molecular weight excluding hydrogens is 322 g/mol. The summed E-state index contributed by atoms with van der Waals surface area (Å²) in [6, 6.07) is 18.0. The second-order valence-corrected chi connectivity index (χ2v) is 6.88. The molecule has 0 aliphatic carbocycles. The highest BCUT2D eigenvalue weighted by Crippen LogP contribution is 2.24. The van der Waals surface area contributed by atoms with Crippen LogP contribution in [0.5, 0.6) is 0 Å². The molecule has 0 radical (unpaired) electrons. The standard InChI is InChI=1S/C22H25N3O/c1-17(2)12-14-23-22(26)21-7-4-3-6-20(21)19-10-8-18(9-11-19)16-25-15-5-13-24-25/h3-11,13,15,17H,12,14,16H2,1-2H3,(H,23,26). The van der Waals surface area contributed by atoms with E-state index >= 15 is 0 Å². The van der Waals surface area contributed by atoms with Crippen molar-refractivity contribution in [2.75, 3.05) is 6.54 Å². The Labute approximate surface area is 154 Å². The molecule has 0 unspecified atom stereocenters. The smallest absolute Gasteiger partial charge is 0.251 e. The number of hydrogen-bond acceptors (Lipinski definition) is 2. The van der Waals surface area contributed by atoms with Gasteiger partial charge in [-0.15, -0.1) is 0 Å². The van der Waals surface area contributed by atoms with Gasteiger partial charge in [0, 0.05) is 24.5 Å². The number of carbonyl (C=O) groups is 1. The molecule has 0 aliphatic rings. The van der Waals surface area contributed by atoms with Crippen LogP contribution >= 0.6 is 0 Å². The summed E-state index contributed by atoms with van der Waals surface area (Å²) in [5, 5.41) is 7.26. The Hall–Kier alpha value is -2.88. The second-order valence-electron chi connectivity index (χ2n) is 6.88. The Kier molecular flexibility index (Phi) is 5.84. The van der Waals surface area contributed by atoms with Crippen LogP contribution in [0.15, 0.2) is 67.0 Å². The summed E-state index contributed by atoms with van der Waals surface area (Å²) in [7, 11) is 0. The van der Waals surface area contributed by atoms with E-state index < -0.39 is 0 Å². The molecule has 4 nitrogen and oxygen atoms in total. The molecule has 1 amide bonds. The Bertz CT molecular complexity index is 836. The van der Waals surface area contributed by atoms with Crippen LogP contribution in [-0.2, 0) is 6.54 Å². The molecule has 1 aromatic heterocycles. The molecule has 1 N–H and O–H groups in total. The molecule has 0 spiro atoms. The lowest BCUT2D eigenvalue weighted by Crippen LogP contribution is -2.25. The SMILES string of the molecule is CC(C)CCNC(=O)c1ccccc1-c1ccc(Cn2cccn2)cc1. The summed E-state index contributed by atoms with van der Waals surface area (Å²) in [5.74, 6) is 0.565. The summed E-state index contributed by atoms with van der Waals surface area (Å²) in [6.07, 6.45) is 4.71. The maximum atomic E-state index is 12.6. The highest BCUT2D eigenvalue weighted by Gasteiger charge is 2.12. The molecule has 3 rings (SSSR count). The van der Waals surface area contributed by atoms with Crippen molar-refractivity contribution in [2.45, 2.75) is 26.8 Å². The van der Waals surface area contributed by atoms with E-state index in [2.05, 4.69) is 48.5 Å². The minimum absolute atomic E-state index is 0.0122. The van der Waals surface area contributed by atoms with Gasteiger partial charge in [0.05, 0.1) is 6.54 Å². The highest BCUT2D eigenvalue weighted by molar-refractivity contribution is 6.00. The summed E-state index contributed by atoms with van der Waals surface area (Å²) in [4.78, 5) is 12.6. The third-order valence-corrected chi connectivity index (χ3v) is 4.35. The highest BCUT2D eigenvalue weighted by atomic mass is 16.1. The number of carbonyl (C=O) groups excluding carboxylic acids is 1. The monoisotopic (exact) mass is 347 g/mol. The zero-order chi connectivity index (χ0) is 18.4. The van der Waals surface area contributed by atoms with Crippen LogP contribution in [-0.4, -0.2) is 22.2 Å². The van der Waals surface area contributed by atoms with Crippen molar-refractivity contribution in [1.29, 1.82) is 0 Å². The van der Waals surface area contributed by atoms with Crippen LogP contribution in [0.3, 0.4) is 0 Å². The Balaban J connectivity index is 1.75. The van der Waals surface area contributed by atoms with Gasteiger partial charge in [0.15, 0.2) is 0 Å². The Morgan fingerprint density at radius 3 is 2.54 bits per heavy atom. The van der Waals surface area contributed by atoms with Crippen LogP contribution in [0.4, 0.5) is 0 Å². The maximum absolute atomic E-state index is 12.6. The fourth-order valence-corrected chi connectivity index (χ4v) is 2.87. The maximum Gasteiger partial charge on any atom is 0.251 e. The van der Waals surface area contributed by atoms with E-state index in [1.807, 2.05) is 41.2 Å². The van der Waals surface area contributed by atoms with Crippen LogP contribution in [0.2, 0.25) is 0 Å². The molecule has 0 saturated heterocycles. The normalized spacial score (nSPS) is 10.9. The first kappa shape index (κ1) is 17.9. The van der Waals surface area contributed by atoms with Gasteiger partial charge in [0.25, 0.3) is 5.91 Å². The van der Waals surface area contributed by atoms with Crippen molar-refractivity contribution in [1.82, 2.24) is 15.1 Å². The molecule has 26 heavy (non-hydrogen) atoms. The van der Waals surface area contributed by atoms with Crippen LogP contribution in [0, 0.1) is 5.92 Å². The third kappa shape index (κ3) is 4.60. The van der Waals surface area contributed by atoms with Crippen molar-refractivity contribution >= 4 is 5.91 Å². The van der Waals surface area contributed by atoms with E-state index in [0.717, 1.165) is 29.7 Å². The fourth-order valence-electron chi connectivity index (χ4n) is 2.87. The van der Waals surface area contributed by atoms with E-state index in [-0.39, 0.29) is 5.91 Å². The first-order valence-electron chi connectivity index (χ1n) is 9.07. The van der Waals surface area contributed by atoms with Crippen molar-refractivity contribution in [2.24, 2.45) is 5.92 Å². The van der Waals surface area contributed by atoms with E-state index in [4.69, 9.17) is 0 Å². The molecule has 0 bridgehead atoms. The Morgan fingerprint density at radius 1 is 1.08 bits per heavy atom. The molecule has 4 heteroatoms. The van der Waals surface area contributed by atoms with Crippen molar-refractivity contribution in [3.8, 4) is 11.1 Å². The van der Waals surface area contributed by atoms with Crippen LogP contribution in [0.25, 0.3) is 11.1 Å². The lowest BCUT2D eigenvalue weighted by Gasteiger charge is -2.12. The molecular formula is C22H25N3O. The summed E-state index contributed by atoms with van der Waals surface area (Å²) < 4.78 is 1.89. The molecule has 1 heterocycles. The Morgan fingerprint density at radius 2 is 1.85 bits per heavy atom. The van der Waals surface area contributed by atoms with Gasteiger partial charge < -0.3 is 5.32 Å². The van der Waals surface area contributed by atoms with Crippen molar-refractivity contribution < 1.29 is 4.79 Å². The van der Waals surface area contributed by atoms with Gasteiger partial charge in [0.1, 0.15) is 0 Å².